The highest BCUT2D eigenvalue weighted by atomic mass is 31.2. The predicted molar refractivity (Wildman–Crippen MR) is 181 cm³/mol. The van der Waals surface area contributed by atoms with E-state index in [9.17, 15) is 24.1 Å². The average Bonchev–Trinajstić information content (AvgIpc) is 2.97. The third-order valence-corrected chi connectivity index (χ3v) is 11.2. The fourth-order valence-corrected chi connectivity index (χ4v) is 8.64. The van der Waals surface area contributed by atoms with E-state index in [1.54, 1.807) is 55.6 Å². The summed E-state index contributed by atoms with van der Waals surface area (Å²) >= 11 is 0. The normalized spacial score (nSPS) is 20.3. The number of carboxylic acids is 1. The Morgan fingerprint density at radius 1 is 0.957 bits per heavy atom. The molecule has 0 aromatic heterocycles. The molecule has 2 atom stereocenters. The van der Waals surface area contributed by atoms with Crippen molar-refractivity contribution in [3.05, 3.63) is 54.1 Å². The van der Waals surface area contributed by atoms with E-state index in [1.807, 2.05) is 53.4 Å². The van der Waals surface area contributed by atoms with Crippen LogP contribution in [0.2, 0.25) is 0 Å². The molecule has 0 saturated carbocycles. The zero-order chi connectivity index (χ0) is 35.0. The molecule has 47 heavy (non-hydrogen) atoms. The number of methoxy groups -OCH3 is 1. The highest BCUT2D eigenvalue weighted by Crippen LogP contribution is 2.63. The molecule has 2 aromatic carbocycles. The summed E-state index contributed by atoms with van der Waals surface area (Å²) in [5.41, 5.74) is 1.26. The molecule has 1 aliphatic rings. The monoisotopic (exact) mass is 674 g/mol. The molecule has 0 bridgehead atoms. The summed E-state index contributed by atoms with van der Waals surface area (Å²) in [5.74, 6) is -0.480. The first kappa shape index (κ1) is 38.1. The van der Waals surface area contributed by atoms with Crippen molar-refractivity contribution < 1.29 is 42.8 Å². The molecule has 1 unspecified atom stereocenters. The van der Waals surface area contributed by atoms with Crippen LogP contribution >= 0.6 is 7.37 Å². The molecule has 1 N–H and O–H groups in total. The van der Waals surface area contributed by atoms with Gasteiger partial charge in [0.25, 0.3) is 0 Å². The van der Waals surface area contributed by atoms with Crippen LogP contribution < -0.4 is 4.74 Å². The number of hydrogen-bond donors (Lipinski definition) is 1. The molecule has 12 heteroatoms. The van der Waals surface area contributed by atoms with E-state index in [4.69, 9.17) is 18.7 Å². The molecule has 0 spiro atoms. The molecule has 0 radical (unpaired) electrons. The summed E-state index contributed by atoms with van der Waals surface area (Å²) in [6.45, 7) is 12.8. The number of carboxylic acid groups (broad SMARTS) is 1. The number of nitrogens with zero attached hydrogens (tertiary/aromatic N) is 2. The van der Waals surface area contributed by atoms with Gasteiger partial charge < -0.3 is 23.8 Å². The van der Waals surface area contributed by atoms with Crippen LogP contribution in [0.1, 0.15) is 73.3 Å². The number of aliphatic carboxylic acids is 1. The van der Waals surface area contributed by atoms with E-state index in [2.05, 4.69) is 0 Å². The minimum Gasteiger partial charge on any atom is -0.497 e. The lowest BCUT2D eigenvalue weighted by Gasteiger charge is -2.45. The molecule has 0 aliphatic carbocycles. The first-order valence-electron chi connectivity index (χ1n) is 16.1. The van der Waals surface area contributed by atoms with Crippen molar-refractivity contribution >= 4 is 25.5 Å². The third-order valence-electron chi connectivity index (χ3n) is 7.83. The predicted octanol–water partition coefficient (Wildman–Crippen LogP) is 7.66. The average molecular weight is 675 g/mol. The highest BCUT2D eigenvalue weighted by molar-refractivity contribution is 7.62. The van der Waals surface area contributed by atoms with E-state index < -0.39 is 41.9 Å². The molecule has 1 heterocycles. The van der Waals surface area contributed by atoms with Crippen LogP contribution in [0.25, 0.3) is 11.1 Å². The van der Waals surface area contributed by atoms with Crippen molar-refractivity contribution in [2.45, 2.75) is 90.6 Å². The second kappa shape index (κ2) is 15.7. The number of hydrogen-bond acceptors (Lipinski definition) is 9. The van der Waals surface area contributed by atoms with E-state index in [0.717, 1.165) is 21.6 Å². The van der Waals surface area contributed by atoms with Crippen LogP contribution in [0.5, 0.6) is 5.75 Å². The number of unbranched alkanes of at least 4 members (excludes halogenated alkanes) is 1. The maximum atomic E-state index is 14.4. The van der Waals surface area contributed by atoms with E-state index in [-0.39, 0.29) is 45.1 Å². The Kier molecular flexibility index (Phi) is 12.7. The Morgan fingerprint density at radius 3 is 2.11 bits per heavy atom. The first-order chi connectivity index (χ1) is 21.9. The fourth-order valence-electron chi connectivity index (χ4n) is 5.67. The molecule has 1 fully saturated rings. The Morgan fingerprint density at radius 2 is 1.57 bits per heavy atom. The summed E-state index contributed by atoms with van der Waals surface area (Å²) in [6, 6.07) is 15.7. The molecule has 1 saturated heterocycles. The van der Waals surface area contributed by atoms with Gasteiger partial charge in [-0.1, -0.05) is 36.4 Å². The van der Waals surface area contributed by atoms with Crippen LogP contribution in [0.4, 0.5) is 9.59 Å². The van der Waals surface area contributed by atoms with Gasteiger partial charge in [0, 0.05) is 32.3 Å². The van der Waals surface area contributed by atoms with E-state index >= 15 is 0 Å². The van der Waals surface area contributed by atoms with Gasteiger partial charge in [-0.05, 0) is 96.6 Å². The maximum Gasteiger partial charge on any atom is 0.419 e. The molecule has 2 aromatic rings. The van der Waals surface area contributed by atoms with Gasteiger partial charge in [0.15, 0.2) is 5.16 Å². The van der Waals surface area contributed by atoms with Gasteiger partial charge in [-0.3, -0.25) is 14.3 Å². The first-order valence-corrected chi connectivity index (χ1v) is 17.9. The molecule has 2 amide bonds. The number of carbonyl (C=O) groups is 3. The summed E-state index contributed by atoms with van der Waals surface area (Å²) in [5, 5.41) is 9.04. The van der Waals surface area contributed by atoms with Gasteiger partial charge in [0.1, 0.15) is 17.0 Å². The molecule has 1 aliphatic heterocycles. The summed E-state index contributed by atoms with van der Waals surface area (Å²) in [6.07, 6.45) is -1.07. The van der Waals surface area contributed by atoms with Crippen molar-refractivity contribution in [1.29, 1.82) is 0 Å². The molecular weight excluding hydrogens is 623 g/mol. The van der Waals surface area contributed by atoms with Crippen LogP contribution in [-0.4, -0.2) is 88.9 Å². The van der Waals surface area contributed by atoms with Gasteiger partial charge in [-0.15, -0.1) is 0 Å². The summed E-state index contributed by atoms with van der Waals surface area (Å²) in [7, 11) is -2.04. The number of imide groups is 1. The molecular formula is C35H51N2O9P. The third kappa shape index (κ3) is 10.0. The SMILES string of the molecule is CCOP1(=O)CCN(Cc2ccc(OC)cc2-c2ccccc2)C[C@@]1(CCCCN(C(=O)OC(C)(C)C)C(=O)OC(C)(C)C)C(=O)O. The minimum absolute atomic E-state index is 0.0156. The highest BCUT2D eigenvalue weighted by Gasteiger charge is 2.58. The zero-order valence-corrected chi connectivity index (χ0v) is 29.9. The number of benzene rings is 2. The molecule has 11 nitrogen and oxygen atoms in total. The lowest BCUT2D eigenvalue weighted by Crippen LogP contribution is -2.54. The second-order valence-electron chi connectivity index (χ2n) is 13.8. The van der Waals surface area contributed by atoms with Gasteiger partial charge >= 0.3 is 18.2 Å². The smallest absolute Gasteiger partial charge is 0.419 e. The molecule has 3 rings (SSSR count). The quantitative estimate of drug-likeness (QED) is 0.177. The summed E-state index contributed by atoms with van der Waals surface area (Å²) < 4.78 is 36.5. The van der Waals surface area contributed by atoms with Crippen LogP contribution in [0.15, 0.2) is 48.5 Å². The number of amides is 2. The number of ether oxygens (including phenoxy) is 3. The van der Waals surface area contributed by atoms with Crippen LogP contribution in [-0.2, 0) is 29.9 Å². The van der Waals surface area contributed by atoms with Crippen LogP contribution in [0.3, 0.4) is 0 Å². The lowest BCUT2D eigenvalue weighted by atomic mass is 9.97. The Bertz CT molecular complexity index is 1410. The van der Waals surface area contributed by atoms with Crippen LogP contribution in [0, 0.1) is 0 Å². The van der Waals surface area contributed by atoms with Gasteiger partial charge in [-0.25, -0.2) is 14.5 Å². The number of rotatable bonds is 12. The topological polar surface area (TPSA) is 132 Å². The van der Waals surface area contributed by atoms with E-state index in [1.165, 1.54) is 0 Å². The maximum absolute atomic E-state index is 14.4. The van der Waals surface area contributed by atoms with Crippen molar-refractivity contribution in [2.75, 3.05) is 39.5 Å². The largest absolute Gasteiger partial charge is 0.497 e. The lowest BCUT2D eigenvalue weighted by molar-refractivity contribution is -0.141. The van der Waals surface area contributed by atoms with Crippen molar-refractivity contribution in [3.8, 4) is 16.9 Å². The van der Waals surface area contributed by atoms with E-state index in [0.29, 0.717) is 18.8 Å². The minimum atomic E-state index is -3.65. The Balaban J connectivity index is 1.86. The molecule has 260 valence electrons. The Labute approximate surface area is 279 Å². The van der Waals surface area contributed by atoms with Gasteiger partial charge in [0.2, 0.25) is 7.37 Å². The van der Waals surface area contributed by atoms with Gasteiger partial charge in [0.05, 0.1) is 13.7 Å². The second-order valence-corrected chi connectivity index (χ2v) is 16.7. The standard InChI is InChI=1S/C35H51N2O9P/c1-9-44-47(42)22-21-36(24-27-17-18-28(43-8)23-29(27)26-15-11-10-12-16-26)25-35(47,30(38)39)19-13-14-20-37(31(40)45-33(2,3)4)32(41)46-34(5,6)7/h10-12,15-18,23H,9,13-14,19-22,24-25H2,1-8H3,(H,38,39)/t35-,47?/m0/s1. The van der Waals surface area contributed by atoms with Crippen molar-refractivity contribution in [1.82, 2.24) is 9.80 Å². The van der Waals surface area contributed by atoms with Crippen molar-refractivity contribution in [3.63, 3.8) is 0 Å². The number of carbonyl (C=O) groups excluding carboxylic acids is 2. The summed E-state index contributed by atoms with van der Waals surface area (Å²) in [4.78, 5) is 42.0. The Hall–Kier alpha value is -3.40. The van der Waals surface area contributed by atoms with Gasteiger partial charge in [-0.2, -0.15) is 0 Å². The zero-order valence-electron chi connectivity index (χ0n) is 29.0. The van der Waals surface area contributed by atoms with Crippen molar-refractivity contribution in [2.24, 2.45) is 0 Å². The fraction of sp³-hybridized carbons (Fsp3) is 0.571.